The highest BCUT2D eigenvalue weighted by Gasteiger charge is 2.08. The third-order valence-electron chi connectivity index (χ3n) is 3.48. The van der Waals surface area contributed by atoms with Crippen molar-refractivity contribution in [1.82, 2.24) is 0 Å². The minimum atomic E-state index is 0.0169. The van der Waals surface area contributed by atoms with Crippen LogP contribution in [0.3, 0.4) is 0 Å². The summed E-state index contributed by atoms with van der Waals surface area (Å²) in [6, 6.07) is 12.2. The molecule has 1 atom stereocenters. The lowest BCUT2D eigenvalue weighted by atomic mass is 10.1. The summed E-state index contributed by atoms with van der Waals surface area (Å²) in [6.07, 6.45) is 0. The van der Waals surface area contributed by atoms with Crippen LogP contribution in [-0.2, 0) is 0 Å². The molecule has 2 nitrogen and oxygen atoms in total. The Hall–Kier alpha value is -1.80. The van der Waals surface area contributed by atoms with Crippen LogP contribution in [0, 0.1) is 20.8 Å². The summed E-state index contributed by atoms with van der Waals surface area (Å²) in [5.41, 5.74) is 10.6. The Labute approximate surface area is 115 Å². The van der Waals surface area contributed by atoms with Gasteiger partial charge < -0.3 is 10.5 Å². The molecule has 0 spiro atoms. The topological polar surface area (TPSA) is 35.2 Å². The highest BCUT2D eigenvalue weighted by molar-refractivity contribution is 5.47. The highest BCUT2D eigenvalue weighted by atomic mass is 16.5. The smallest absolute Gasteiger partial charge is 0.133 e. The lowest BCUT2D eigenvalue weighted by molar-refractivity contribution is 0.473. The Kier molecular flexibility index (Phi) is 3.91. The first-order chi connectivity index (χ1) is 8.99. The van der Waals surface area contributed by atoms with E-state index in [1.807, 2.05) is 31.2 Å². The minimum Gasteiger partial charge on any atom is -0.457 e. The Morgan fingerprint density at radius 1 is 1.00 bits per heavy atom. The molecule has 2 heteroatoms. The van der Waals surface area contributed by atoms with Crippen molar-refractivity contribution in [3.05, 3.63) is 58.7 Å². The van der Waals surface area contributed by atoms with E-state index < -0.39 is 0 Å². The first-order valence-corrected chi connectivity index (χ1v) is 6.59. The molecule has 100 valence electrons. The van der Waals surface area contributed by atoms with E-state index in [1.54, 1.807) is 0 Å². The quantitative estimate of drug-likeness (QED) is 0.881. The van der Waals surface area contributed by atoms with Gasteiger partial charge in [0.1, 0.15) is 11.5 Å². The molecule has 0 aliphatic carbocycles. The summed E-state index contributed by atoms with van der Waals surface area (Å²) in [4.78, 5) is 0. The molecule has 0 saturated carbocycles. The van der Waals surface area contributed by atoms with Crippen molar-refractivity contribution in [2.24, 2.45) is 5.73 Å². The minimum absolute atomic E-state index is 0.0169. The second kappa shape index (κ2) is 5.45. The number of ether oxygens (including phenoxy) is 1. The van der Waals surface area contributed by atoms with Crippen molar-refractivity contribution in [2.75, 3.05) is 0 Å². The van der Waals surface area contributed by atoms with Gasteiger partial charge in [-0.15, -0.1) is 0 Å². The monoisotopic (exact) mass is 255 g/mol. The lowest BCUT2D eigenvalue weighted by Gasteiger charge is -2.15. The Bertz CT molecular complexity index is 588. The molecule has 0 fully saturated rings. The maximum atomic E-state index is 6.06. The molecule has 0 aliphatic rings. The van der Waals surface area contributed by atoms with Crippen molar-refractivity contribution in [3.8, 4) is 11.5 Å². The molecular formula is C17H21NO. The summed E-state index contributed by atoms with van der Waals surface area (Å²) in [5.74, 6) is 1.79. The normalized spacial score (nSPS) is 12.3. The summed E-state index contributed by atoms with van der Waals surface area (Å²) in [6.45, 7) is 8.23. The predicted octanol–water partition coefficient (Wildman–Crippen LogP) is 4.42. The average molecular weight is 255 g/mol. The molecule has 0 aromatic heterocycles. The second-order valence-corrected chi connectivity index (χ2v) is 5.12. The Balaban J connectivity index is 2.36. The van der Waals surface area contributed by atoms with E-state index in [4.69, 9.17) is 10.5 Å². The van der Waals surface area contributed by atoms with Gasteiger partial charge in [-0.2, -0.15) is 0 Å². The fourth-order valence-corrected chi connectivity index (χ4v) is 2.06. The molecule has 0 aliphatic heterocycles. The fraction of sp³-hybridized carbons (Fsp3) is 0.294. The van der Waals surface area contributed by atoms with Gasteiger partial charge in [0.15, 0.2) is 0 Å². The van der Waals surface area contributed by atoms with Crippen LogP contribution in [0.2, 0.25) is 0 Å². The van der Waals surface area contributed by atoms with E-state index in [0.717, 1.165) is 22.6 Å². The molecule has 0 saturated heterocycles. The molecule has 2 aromatic rings. The standard InChI is InChI=1S/C17H21NO/c1-11-8-9-12(2)17(13(11)3)19-16-7-5-6-15(10-16)14(4)18/h5-10,14H,18H2,1-4H3. The third-order valence-corrected chi connectivity index (χ3v) is 3.48. The van der Waals surface area contributed by atoms with Gasteiger partial charge in [0.2, 0.25) is 0 Å². The summed E-state index contributed by atoms with van der Waals surface area (Å²) in [7, 11) is 0. The van der Waals surface area contributed by atoms with Crippen LogP contribution in [0.1, 0.15) is 35.2 Å². The molecule has 0 amide bonds. The number of hydrogen-bond acceptors (Lipinski definition) is 2. The van der Waals surface area contributed by atoms with Gasteiger partial charge in [-0.1, -0.05) is 24.3 Å². The Morgan fingerprint density at radius 2 is 1.68 bits per heavy atom. The lowest BCUT2D eigenvalue weighted by Crippen LogP contribution is -2.04. The zero-order valence-corrected chi connectivity index (χ0v) is 12.0. The first kappa shape index (κ1) is 13.6. The molecule has 2 aromatic carbocycles. The van der Waals surface area contributed by atoms with Crippen LogP contribution < -0.4 is 10.5 Å². The maximum absolute atomic E-state index is 6.06. The average Bonchev–Trinajstić information content (AvgIpc) is 2.39. The van der Waals surface area contributed by atoms with E-state index >= 15 is 0 Å². The van der Waals surface area contributed by atoms with Crippen molar-refractivity contribution >= 4 is 0 Å². The van der Waals surface area contributed by atoms with Gasteiger partial charge in [0.25, 0.3) is 0 Å². The van der Waals surface area contributed by atoms with Crippen LogP contribution >= 0.6 is 0 Å². The zero-order valence-electron chi connectivity index (χ0n) is 12.0. The van der Waals surface area contributed by atoms with Crippen molar-refractivity contribution in [1.29, 1.82) is 0 Å². The van der Waals surface area contributed by atoms with E-state index in [9.17, 15) is 0 Å². The molecule has 2 rings (SSSR count). The number of benzene rings is 2. The summed E-state index contributed by atoms with van der Waals surface area (Å²) in [5, 5.41) is 0. The van der Waals surface area contributed by atoms with E-state index in [1.165, 1.54) is 11.1 Å². The van der Waals surface area contributed by atoms with E-state index in [0.29, 0.717) is 0 Å². The number of nitrogens with two attached hydrogens (primary N) is 1. The predicted molar refractivity (Wildman–Crippen MR) is 79.8 cm³/mol. The van der Waals surface area contributed by atoms with Gasteiger partial charge in [0, 0.05) is 6.04 Å². The SMILES string of the molecule is Cc1ccc(C)c(Oc2cccc(C(C)N)c2)c1C. The van der Waals surface area contributed by atoms with E-state index in [-0.39, 0.29) is 6.04 Å². The third kappa shape index (κ3) is 2.96. The van der Waals surface area contributed by atoms with Gasteiger partial charge in [0.05, 0.1) is 0 Å². The van der Waals surface area contributed by atoms with Crippen LogP contribution in [0.4, 0.5) is 0 Å². The van der Waals surface area contributed by atoms with Crippen LogP contribution in [0.25, 0.3) is 0 Å². The van der Waals surface area contributed by atoms with Crippen molar-refractivity contribution in [2.45, 2.75) is 33.7 Å². The number of rotatable bonds is 3. The van der Waals surface area contributed by atoms with Crippen molar-refractivity contribution < 1.29 is 4.74 Å². The zero-order chi connectivity index (χ0) is 14.0. The van der Waals surface area contributed by atoms with Gasteiger partial charge >= 0.3 is 0 Å². The van der Waals surface area contributed by atoms with E-state index in [2.05, 4.69) is 32.9 Å². The summed E-state index contributed by atoms with van der Waals surface area (Å²) < 4.78 is 6.06. The summed E-state index contributed by atoms with van der Waals surface area (Å²) >= 11 is 0. The fourth-order valence-electron chi connectivity index (χ4n) is 2.06. The highest BCUT2D eigenvalue weighted by Crippen LogP contribution is 2.31. The molecule has 1 unspecified atom stereocenters. The molecule has 0 bridgehead atoms. The second-order valence-electron chi connectivity index (χ2n) is 5.12. The van der Waals surface area contributed by atoms with Crippen LogP contribution in [-0.4, -0.2) is 0 Å². The van der Waals surface area contributed by atoms with Gasteiger partial charge in [-0.3, -0.25) is 0 Å². The first-order valence-electron chi connectivity index (χ1n) is 6.59. The molecule has 0 radical (unpaired) electrons. The molecular weight excluding hydrogens is 234 g/mol. The molecule has 2 N–H and O–H groups in total. The number of aryl methyl sites for hydroxylation is 2. The molecule has 0 heterocycles. The maximum Gasteiger partial charge on any atom is 0.133 e. The largest absolute Gasteiger partial charge is 0.457 e. The van der Waals surface area contributed by atoms with Gasteiger partial charge in [-0.25, -0.2) is 0 Å². The van der Waals surface area contributed by atoms with Gasteiger partial charge in [-0.05, 0) is 62.1 Å². The van der Waals surface area contributed by atoms with Crippen LogP contribution in [0.15, 0.2) is 36.4 Å². The Morgan fingerprint density at radius 3 is 2.37 bits per heavy atom. The van der Waals surface area contributed by atoms with Crippen LogP contribution in [0.5, 0.6) is 11.5 Å². The molecule has 19 heavy (non-hydrogen) atoms. The number of hydrogen-bond donors (Lipinski definition) is 1. The van der Waals surface area contributed by atoms with Crippen molar-refractivity contribution in [3.63, 3.8) is 0 Å².